The summed E-state index contributed by atoms with van der Waals surface area (Å²) in [6, 6.07) is 0. The van der Waals surface area contributed by atoms with Gasteiger partial charge in [-0.15, -0.1) is 0 Å². The molecule has 0 saturated carbocycles. The highest BCUT2D eigenvalue weighted by Crippen LogP contribution is 2.38. The predicted octanol–water partition coefficient (Wildman–Crippen LogP) is 1.80. The van der Waals surface area contributed by atoms with Crippen molar-refractivity contribution in [3.8, 4) is 0 Å². The molecule has 0 unspecified atom stereocenters. The van der Waals surface area contributed by atoms with Crippen LogP contribution in [0.25, 0.3) is 0 Å². The molecule has 0 spiro atoms. The van der Waals surface area contributed by atoms with Gasteiger partial charge in [-0.1, -0.05) is 6.08 Å². The van der Waals surface area contributed by atoms with Crippen molar-refractivity contribution in [2.45, 2.75) is 40.0 Å². The zero-order valence-electron chi connectivity index (χ0n) is 11.7. The van der Waals surface area contributed by atoms with Gasteiger partial charge in [0.1, 0.15) is 0 Å². The number of carbonyl (C=O) groups excluding carboxylic acids is 3. The van der Waals surface area contributed by atoms with Gasteiger partial charge < -0.3 is 9.47 Å². The van der Waals surface area contributed by atoms with Crippen molar-refractivity contribution in [1.29, 1.82) is 0 Å². The smallest absolute Gasteiger partial charge is 0.323 e. The van der Waals surface area contributed by atoms with Crippen LogP contribution >= 0.6 is 0 Å². The van der Waals surface area contributed by atoms with E-state index in [0.717, 1.165) is 0 Å². The van der Waals surface area contributed by atoms with Gasteiger partial charge in [0.15, 0.2) is 11.2 Å². The van der Waals surface area contributed by atoms with Crippen molar-refractivity contribution in [3.05, 3.63) is 11.6 Å². The monoisotopic (exact) mass is 268 g/mol. The van der Waals surface area contributed by atoms with E-state index in [1.807, 2.05) is 0 Å². The zero-order valence-corrected chi connectivity index (χ0v) is 11.7. The van der Waals surface area contributed by atoms with Gasteiger partial charge in [-0.3, -0.25) is 14.4 Å². The second-order valence-electron chi connectivity index (χ2n) is 4.51. The van der Waals surface area contributed by atoms with Gasteiger partial charge in [-0.25, -0.2) is 0 Å². The lowest BCUT2D eigenvalue weighted by Crippen LogP contribution is -2.43. The molecule has 0 amide bonds. The molecule has 106 valence electrons. The number of esters is 2. The van der Waals surface area contributed by atoms with Crippen LogP contribution in [0, 0.1) is 5.41 Å². The number of rotatable bonds is 5. The fourth-order valence-electron chi connectivity index (χ4n) is 2.16. The largest absolute Gasteiger partial charge is 0.465 e. The van der Waals surface area contributed by atoms with Gasteiger partial charge in [0.2, 0.25) is 0 Å². The first kappa shape index (κ1) is 15.4. The second kappa shape index (κ2) is 6.50. The van der Waals surface area contributed by atoms with Crippen molar-refractivity contribution in [3.63, 3.8) is 0 Å². The molecule has 0 heterocycles. The van der Waals surface area contributed by atoms with Crippen molar-refractivity contribution in [2.24, 2.45) is 5.41 Å². The Bertz CT molecular complexity index is 390. The van der Waals surface area contributed by atoms with Gasteiger partial charge in [-0.2, -0.15) is 0 Å². The maximum Gasteiger partial charge on any atom is 0.323 e. The minimum atomic E-state index is -1.29. The van der Waals surface area contributed by atoms with Crippen LogP contribution in [0.3, 0.4) is 0 Å². The lowest BCUT2D eigenvalue weighted by atomic mass is 9.74. The van der Waals surface area contributed by atoms with E-state index in [1.54, 1.807) is 19.9 Å². The Balaban J connectivity index is 3.00. The first-order valence-corrected chi connectivity index (χ1v) is 6.52. The third-order valence-electron chi connectivity index (χ3n) is 3.30. The summed E-state index contributed by atoms with van der Waals surface area (Å²) < 4.78 is 9.99. The average Bonchev–Trinajstić information content (AvgIpc) is 2.39. The number of Topliss-reactive ketones (excluding diaryl/α,β-unsaturated/α-hetero) is 1. The highest BCUT2D eigenvalue weighted by Gasteiger charge is 2.49. The molecule has 0 fully saturated rings. The third-order valence-corrected chi connectivity index (χ3v) is 3.30. The molecule has 5 heteroatoms. The molecule has 1 aliphatic carbocycles. The van der Waals surface area contributed by atoms with Crippen molar-refractivity contribution in [1.82, 2.24) is 0 Å². The fraction of sp³-hybridized carbons (Fsp3) is 0.643. The van der Waals surface area contributed by atoms with E-state index in [2.05, 4.69) is 0 Å². The predicted molar refractivity (Wildman–Crippen MR) is 68.3 cm³/mol. The van der Waals surface area contributed by atoms with Crippen LogP contribution in [0.1, 0.15) is 40.0 Å². The maximum atomic E-state index is 12.1. The molecule has 19 heavy (non-hydrogen) atoms. The summed E-state index contributed by atoms with van der Waals surface area (Å²) in [4.78, 5) is 35.5. The van der Waals surface area contributed by atoms with Gasteiger partial charge >= 0.3 is 11.9 Å². The molecule has 1 rings (SSSR count). The number of ether oxygens (including phenoxy) is 2. The molecule has 0 aromatic heterocycles. The number of hydrogen-bond acceptors (Lipinski definition) is 5. The Morgan fingerprint density at radius 1 is 1.16 bits per heavy atom. The van der Waals surface area contributed by atoms with Crippen LogP contribution in [0.5, 0.6) is 0 Å². The van der Waals surface area contributed by atoms with Crippen molar-refractivity contribution < 1.29 is 23.9 Å². The molecule has 0 aromatic carbocycles. The SMILES string of the molecule is CCOC(=O)C1(C(=O)OCC)CC=C(C(C)=O)CC1. The lowest BCUT2D eigenvalue weighted by molar-refractivity contribution is -0.173. The number of carbonyl (C=O) groups is 3. The van der Waals surface area contributed by atoms with Crippen LogP contribution < -0.4 is 0 Å². The maximum absolute atomic E-state index is 12.1. The van der Waals surface area contributed by atoms with Crippen molar-refractivity contribution >= 4 is 17.7 Å². The van der Waals surface area contributed by atoms with E-state index in [0.29, 0.717) is 12.0 Å². The molecule has 1 aliphatic rings. The topological polar surface area (TPSA) is 69.7 Å². The summed E-state index contributed by atoms with van der Waals surface area (Å²) in [5.41, 5.74) is -0.630. The van der Waals surface area contributed by atoms with Crippen molar-refractivity contribution in [2.75, 3.05) is 13.2 Å². The Labute approximate surface area is 112 Å². The van der Waals surface area contributed by atoms with E-state index >= 15 is 0 Å². The second-order valence-corrected chi connectivity index (χ2v) is 4.51. The quantitative estimate of drug-likeness (QED) is 0.561. The molecular weight excluding hydrogens is 248 g/mol. The average molecular weight is 268 g/mol. The van der Waals surface area contributed by atoms with E-state index in [-0.39, 0.29) is 31.8 Å². The summed E-state index contributed by atoms with van der Waals surface area (Å²) in [6.07, 6.45) is 2.47. The summed E-state index contributed by atoms with van der Waals surface area (Å²) >= 11 is 0. The van der Waals surface area contributed by atoms with Gasteiger partial charge in [0, 0.05) is 0 Å². The highest BCUT2D eigenvalue weighted by atomic mass is 16.6. The first-order chi connectivity index (χ1) is 8.97. The lowest BCUT2D eigenvalue weighted by Gasteiger charge is -2.31. The minimum absolute atomic E-state index is 0.0266. The summed E-state index contributed by atoms with van der Waals surface area (Å²) in [6.45, 7) is 5.28. The molecule has 0 bridgehead atoms. The minimum Gasteiger partial charge on any atom is -0.465 e. The standard InChI is InChI=1S/C14H20O5/c1-4-18-12(16)14(13(17)19-5-2)8-6-11(7-9-14)10(3)15/h6H,4-5,7-9H2,1-3H3. The van der Waals surface area contributed by atoms with Crippen LogP contribution in [-0.4, -0.2) is 30.9 Å². The molecule has 0 saturated heterocycles. The van der Waals surface area contributed by atoms with E-state index in [4.69, 9.17) is 9.47 Å². The summed E-state index contributed by atoms with van der Waals surface area (Å²) in [5, 5.41) is 0. The Morgan fingerprint density at radius 2 is 1.68 bits per heavy atom. The van der Waals surface area contributed by atoms with E-state index in [9.17, 15) is 14.4 Å². The Hall–Kier alpha value is -1.65. The molecule has 5 nitrogen and oxygen atoms in total. The molecular formula is C14H20O5. The number of hydrogen-bond donors (Lipinski definition) is 0. The van der Waals surface area contributed by atoms with Gasteiger partial charge in [0.25, 0.3) is 0 Å². The van der Waals surface area contributed by atoms with Gasteiger partial charge in [0.05, 0.1) is 13.2 Å². The Kier molecular flexibility index (Phi) is 5.27. The Morgan fingerprint density at radius 3 is 2.00 bits per heavy atom. The third kappa shape index (κ3) is 3.22. The zero-order chi connectivity index (χ0) is 14.5. The fourth-order valence-corrected chi connectivity index (χ4v) is 2.16. The molecule has 0 N–H and O–H groups in total. The highest BCUT2D eigenvalue weighted by molar-refractivity contribution is 6.01. The first-order valence-electron chi connectivity index (χ1n) is 6.52. The number of allylic oxidation sites excluding steroid dienone is 2. The summed E-state index contributed by atoms with van der Waals surface area (Å²) in [5.74, 6) is -1.15. The molecule has 0 radical (unpaired) electrons. The van der Waals surface area contributed by atoms with E-state index in [1.165, 1.54) is 6.92 Å². The van der Waals surface area contributed by atoms with Gasteiger partial charge in [-0.05, 0) is 45.6 Å². The summed E-state index contributed by atoms with van der Waals surface area (Å²) in [7, 11) is 0. The molecule has 0 aromatic rings. The van der Waals surface area contributed by atoms with Crippen LogP contribution in [0.15, 0.2) is 11.6 Å². The van der Waals surface area contributed by atoms with Crippen LogP contribution in [0.4, 0.5) is 0 Å². The van der Waals surface area contributed by atoms with Crippen LogP contribution in [-0.2, 0) is 23.9 Å². The molecule has 0 atom stereocenters. The van der Waals surface area contributed by atoms with E-state index < -0.39 is 17.4 Å². The van der Waals surface area contributed by atoms with Crippen LogP contribution in [0.2, 0.25) is 0 Å². The molecule has 0 aliphatic heterocycles. The number of ketones is 1. The normalized spacial score (nSPS) is 17.3.